The van der Waals surface area contributed by atoms with E-state index in [1.54, 1.807) is 28.9 Å². The van der Waals surface area contributed by atoms with Gasteiger partial charge < -0.3 is 4.74 Å². The molecular weight excluding hydrogens is 302 g/mol. The number of hydrazone groups is 1. The summed E-state index contributed by atoms with van der Waals surface area (Å²) in [5.41, 5.74) is 10.8. The van der Waals surface area contributed by atoms with Crippen molar-refractivity contribution in [1.29, 1.82) is 0 Å². The SMILES string of the molecule is NC1=[N+](NC(=O)COc2ccc(Cl)cc2)Cc2ccccc21. The highest BCUT2D eigenvalue weighted by atomic mass is 35.5. The zero-order chi connectivity index (χ0) is 15.5. The van der Waals surface area contributed by atoms with Crippen LogP contribution in [0.15, 0.2) is 48.5 Å². The monoisotopic (exact) mass is 316 g/mol. The van der Waals surface area contributed by atoms with Crippen molar-refractivity contribution >= 4 is 23.3 Å². The molecule has 0 aromatic heterocycles. The van der Waals surface area contributed by atoms with Crippen LogP contribution in [-0.2, 0) is 11.3 Å². The number of rotatable bonds is 4. The Morgan fingerprint density at radius 2 is 1.95 bits per heavy atom. The molecule has 1 aliphatic rings. The van der Waals surface area contributed by atoms with Crippen molar-refractivity contribution in [3.8, 4) is 5.75 Å². The molecule has 0 atom stereocenters. The molecule has 1 aliphatic heterocycles. The molecule has 0 unspecified atom stereocenters. The molecule has 0 saturated carbocycles. The fourth-order valence-electron chi connectivity index (χ4n) is 2.27. The van der Waals surface area contributed by atoms with Crippen LogP contribution in [0, 0.1) is 0 Å². The molecule has 0 spiro atoms. The second kappa shape index (κ2) is 6.07. The summed E-state index contributed by atoms with van der Waals surface area (Å²) >= 11 is 5.79. The van der Waals surface area contributed by atoms with Gasteiger partial charge in [0.15, 0.2) is 6.61 Å². The Balaban J connectivity index is 1.59. The molecule has 6 heteroatoms. The number of benzene rings is 2. The molecule has 112 valence electrons. The number of nitrogens with two attached hydrogens (primary N) is 1. The summed E-state index contributed by atoms with van der Waals surface area (Å²) in [6.45, 7) is 0.455. The number of carbonyl (C=O) groups excluding carboxylic acids is 1. The summed E-state index contributed by atoms with van der Waals surface area (Å²) in [4.78, 5) is 12.0. The number of fused-ring (bicyclic) bond motifs is 1. The zero-order valence-corrected chi connectivity index (χ0v) is 12.5. The minimum Gasteiger partial charge on any atom is -0.484 e. The Kier molecular flexibility index (Phi) is 3.98. The predicted octanol–water partition coefficient (Wildman–Crippen LogP) is 1.68. The minimum atomic E-state index is -0.272. The molecule has 0 saturated heterocycles. The molecule has 3 rings (SSSR count). The van der Waals surface area contributed by atoms with E-state index >= 15 is 0 Å². The van der Waals surface area contributed by atoms with Crippen LogP contribution < -0.4 is 15.9 Å². The molecular formula is C16H15ClN3O2+. The fourth-order valence-corrected chi connectivity index (χ4v) is 2.40. The number of amides is 1. The Labute approximate surface area is 132 Å². The largest absolute Gasteiger partial charge is 0.484 e. The van der Waals surface area contributed by atoms with Gasteiger partial charge >= 0.3 is 0 Å². The van der Waals surface area contributed by atoms with Crippen molar-refractivity contribution in [3.63, 3.8) is 0 Å². The number of carbonyl (C=O) groups is 1. The van der Waals surface area contributed by atoms with Gasteiger partial charge in [0.2, 0.25) is 0 Å². The van der Waals surface area contributed by atoms with Gasteiger partial charge in [-0.2, -0.15) is 10.1 Å². The third-order valence-electron chi connectivity index (χ3n) is 3.36. The Hall–Kier alpha value is -2.53. The molecule has 2 aromatic rings. The molecule has 0 radical (unpaired) electrons. The number of hydrogen-bond acceptors (Lipinski definition) is 3. The van der Waals surface area contributed by atoms with Crippen molar-refractivity contribution < 1.29 is 14.2 Å². The number of hydrazine groups is 1. The highest BCUT2D eigenvalue weighted by Crippen LogP contribution is 2.16. The summed E-state index contributed by atoms with van der Waals surface area (Å²) in [5.74, 6) is 0.849. The molecule has 22 heavy (non-hydrogen) atoms. The van der Waals surface area contributed by atoms with Crippen LogP contribution in [0.2, 0.25) is 5.02 Å². The normalized spacial score (nSPS) is 13.0. The molecule has 0 aliphatic carbocycles. The van der Waals surface area contributed by atoms with Gasteiger partial charge in [0, 0.05) is 10.6 Å². The molecule has 0 bridgehead atoms. The van der Waals surface area contributed by atoms with Gasteiger partial charge in [0.1, 0.15) is 12.3 Å². The first-order valence-electron chi connectivity index (χ1n) is 6.79. The van der Waals surface area contributed by atoms with Gasteiger partial charge in [-0.3, -0.25) is 10.5 Å². The van der Waals surface area contributed by atoms with Crippen LogP contribution in [0.3, 0.4) is 0 Å². The highest BCUT2D eigenvalue weighted by Gasteiger charge is 2.25. The lowest BCUT2D eigenvalue weighted by Gasteiger charge is -2.07. The van der Waals surface area contributed by atoms with Crippen molar-refractivity contribution in [2.75, 3.05) is 6.61 Å². The quantitative estimate of drug-likeness (QED) is 0.843. The minimum absolute atomic E-state index is 0.0955. The summed E-state index contributed by atoms with van der Waals surface area (Å²) in [5, 5.41) is 0.619. The van der Waals surface area contributed by atoms with Crippen molar-refractivity contribution in [2.24, 2.45) is 5.73 Å². The smallest absolute Gasteiger partial charge is 0.299 e. The Morgan fingerprint density at radius 1 is 1.23 bits per heavy atom. The van der Waals surface area contributed by atoms with Gasteiger partial charge in [0.05, 0.1) is 5.56 Å². The molecule has 2 aromatic carbocycles. The number of halogens is 1. The molecule has 5 nitrogen and oxygen atoms in total. The first kappa shape index (κ1) is 14.4. The Morgan fingerprint density at radius 3 is 2.68 bits per heavy atom. The second-order valence-electron chi connectivity index (χ2n) is 4.91. The maximum Gasteiger partial charge on any atom is 0.299 e. The summed E-state index contributed by atoms with van der Waals surface area (Å²) in [6, 6.07) is 14.6. The summed E-state index contributed by atoms with van der Waals surface area (Å²) < 4.78 is 7.02. The molecule has 3 N–H and O–H groups in total. The number of ether oxygens (including phenoxy) is 1. The number of nitrogens with zero attached hydrogens (tertiary/aromatic N) is 1. The van der Waals surface area contributed by atoms with Crippen LogP contribution in [0.4, 0.5) is 0 Å². The van der Waals surface area contributed by atoms with Crippen LogP contribution >= 0.6 is 11.6 Å². The number of nitrogens with one attached hydrogen (secondary N) is 1. The third-order valence-corrected chi connectivity index (χ3v) is 3.61. The van der Waals surface area contributed by atoms with Gasteiger partial charge in [-0.05, 0) is 30.3 Å². The number of amidine groups is 1. The van der Waals surface area contributed by atoms with E-state index in [0.29, 0.717) is 23.2 Å². The van der Waals surface area contributed by atoms with Gasteiger partial charge in [0.25, 0.3) is 11.7 Å². The lowest BCUT2D eigenvalue weighted by molar-refractivity contribution is -0.586. The lowest BCUT2D eigenvalue weighted by Crippen LogP contribution is -2.40. The van der Waals surface area contributed by atoms with Crippen molar-refractivity contribution in [2.45, 2.75) is 6.54 Å². The number of hydrogen-bond donors (Lipinski definition) is 2. The average molecular weight is 317 g/mol. The summed E-state index contributed by atoms with van der Waals surface area (Å²) in [7, 11) is 0. The van der Waals surface area contributed by atoms with E-state index in [0.717, 1.165) is 11.1 Å². The lowest BCUT2D eigenvalue weighted by atomic mass is 10.1. The average Bonchev–Trinajstić information content (AvgIpc) is 2.83. The zero-order valence-electron chi connectivity index (χ0n) is 11.8. The predicted molar refractivity (Wildman–Crippen MR) is 83.8 cm³/mol. The van der Waals surface area contributed by atoms with E-state index in [1.807, 2.05) is 24.3 Å². The first-order chi connectivity index (χ1) is 10.6. The highest BCUT2D eigenvalue weighted by molar-refractivity contribution is 6.30. The van der Waals surface area contributed by atoms with E-state index in [2.05, 4.69) is 5.43 Å². The molecule has 0 fully saturated rings. The second-order valence-corrected chi connectivity index (χ2v) is 5.34. The van der Waals surface area contributed by atoms with Crippen LogP contribution in [-0.4, -0.2) is 23.0 Å². The summed E-state index contributed by atoms with van der Waals surface area (Å²) in [6.07, 6.45) is 0. The molecule has 1 heterocycles. The fraction of sp³-hybridized carbons (Fsp3) is 0.125. The van der Waals surface area contributed by atoms with Crippen LogP contribution in [0.1, 0.15) is 11.1 Å². The van der Waals surface area contributed by atoms with Crippen molar-refractivity contribution in [3.05, 3.63) is 64.7 Å². The van der Waals surface area contributed by atoms with Crippen LogP contribution in [0.25, 0.3) is 0 Å². The standard InChI is InChI=1S/C16H14ClN3O2/c17-12-5-7-13(8-6-12)22-10-15(21)19-20-9-11-3-1-2-4-14(11)16(20)18/h1-8,18H,9-10H2,(H,19,21)/p+1. The maximum atomic E-state index is 12.0. The third kappa shape index (κ3) is 3.04. The van der Waals surface area contributed by atoms with E-state index in [-0.39, 0.29) is 12.5 Å². The van der Waals surface area contributed by atoms with Gasteiger partial charge in [-0.25, -0.2) is 0 Å². The van der Waals surface area contributed by atoms with E-state index in [4.69, 9.17) is 22.1 Å². The first-order valence-corrected chi connectivity index (χ1v) is 7.17. The topological polar surface area (TPSA) is 67.4 Å². The van der Waals surface area contributed by atoms with E-state index in [1.165, 1.54) is 0 Å². The maximum absolute atomic E-state index is 12.0. The molecule has 1 amide bonds. The Bertz CT molecular complexity index is 741. The van der Waals surface area contributed by atoms with Gasteiger partial charge in [-0.15, -0.1) is 0 Å². The van der Waals surface area contributed by atoms with Crippen LogP contribution in [0.5, 0.6) is 5.75 Å². The van der Waals surface area contributed by atoms with Gasteiger partial charge in [-0.1, -0.05) is 29.8 Å². The van der Waals surface area contributed by atoms with E-state index in [9.17, 15) is 4.79 Å². The van der Waals surface area contributed by atoms with E-state index < -0.39 is 0 Å². The van der Waals surface area contributed by atoms with Crippen molar-refractivity contribution in [1.82, 2.24) is 5.43 Å².